The topological polar surface area (TPSA) is 48.2 Å². The van der Waals surface area contributed by atoms with Crippen LogP contribution in [0.5, 0.6) is 5.75 Å². The number of rotatable bonds is 4. The maximum absolute atomic E-state index is 12.5. The van der Waals surface area contributed by atoms with Gasteiger partial charge in [-0.15, -0.1) is 0 Å². The molecule has 1 aromatic heterocycles. The first kappa shape index (κ1) is 16.4. The zero-order chi connectivity index (χ0) is 17.2. The lowest BCUT2D eigenvalue weighted by molar-refractivity contribution is -0.159. The van der Waals surface area contributed by atoms with E-state index in [0.717, 1.165) is 15.5 Å². The molecule has 3 rings (SSSR count). The zero-order valence-electron chi connectivity index (χ0n) is 12.4. The van der Waals surface area contributed by atoms with Crippen molar-refractivity contribution in [1.29, 1.82) is 0 Å². The number of ether oxygens (including phenoxy) is 1. The molecule has 0 saturated heterocycles. The maximum Gasteiger partial charge on any atom is 0.471 e. The highest BCUT2D eigenvalue weighted by Gasteiger charge is 2.38. The Balaban J connectivity index is 1.79. The molecule has 0 N–H and O–H groups in total. The van der Waals surface area contributed by atoms with Gasteiger partial charge in [0.1, 0.15) is 5.75 Å². The number of aromatic nitrogens is 2. The van der Waals surface area contributed by atoms with Crippen LogP contribution in [0, 0.1) is 0 Å². The molecule has 2 aromatic carbocycles. The summed E-state index contributed by atoms with van der Waals surface area (Å²) >= 11 is 1.48. The number of halogens is 3. The Labute approximate surface area is 139 Å². The normalized spacial score (nSPS) is 11.5. The summed E-state index contributed by atoms with van der Waals surface area (Å²) < 4.78 is 47.0. The van der Waals surface area contributed by atoms with E-state index in [-0.39, 0.29) is 5.82 Å². The lowest BCUT2D eigenvalue weighted by atomic mass is 10.2. The van der Waals surface area contributed by atoms with E-state index < -0.39 is 12.1 Å². The highest BCUT2D eigenvalue weighted by Crippen LogP contribution is 2.35. The van der Waals surface area contributed by atoms with Gasteiger partial charge < -0.3 is 9.26 Å². The summed E-state index contributed by atoms with van der Waals surface area (Å²) in [5.41, 5.74) is 0.443. The van der Waals surface area contributed by atoms with Gasteiger partial charge >= 0.3 is 12.1 Å². The molecule has 0 aliphatic rings. The van der Waals surface area contributed by atoms with E-state index in [1.54, 1.807) is 31.4 Å². The Bertz CT molecular complexity index is 832. The van der Waals surface area contributed by atoms with Crippen molar-refractivity contribution >= 4 is 11.8 Å². The molecular weight excluding hydrogens is 341 g/mol. The van der Waals surface area contributed by atoms with Crippen LogP contribution < -0.4 is 4.74 Å². The van der Waals surface area contributed by atoms with Crippen molar-refractivity contribution in [1.82, 2.24) is 10.1 Å². The van der Waals surface area contributed by atoms with Crippen molar-refractivity contribution in [3.8, 4) is 17.1 Å². The van der Waals surface area contributed by atoms with Crippen LogP contribution in [0.25, 0.3) is 11.4 Å². The van der Waals surface area contributed by atoms with Crippen molar-refractivity contribution in [3.63, 3.8) is 0 Å². The number of methoxy groups -OCH3 is 1. The first-order valence-corrected chi connectivity index (χ1v) is 7.61. The Hall–Kier alpha value is -2.48. The highest BCUT2D eigenvalue weighted by atomic mass is 32.2. The van der Waals surface area contributed by atoms with Crippen molar-refractivity contribution in [2.75, 3.05) is 7.11 Å². The summed E-state index contributed by atoms with van der Waals surface area (Å²) in [4.78, 5) is 5.21. The van der Waals surface area contributed by atoms with Crippen molar-refractivity contribution in [2.45, 2.75) is 16.0 Å². The van der Waals surface area contributed by atoms with Crippen LogP contribution in [-0.2, 0) is 6.18 Å². The molecular formula is C16H11F3N2O2S. The second-order valence-electron chi connectivity index (χ2n) is 4.70. The monoisotopic (exact) mass is 352 g/mol. The number of alkyl halides is 3. The van der Waals surface area contributed by atoms with Crippen LogP contribution in [0.1, 0.15) is 5.89 Å². The third-order valence-corrected chi connectivity index (χ3v) is 4.14. The van der Waals surface area contributed by atoms with Gasteiger partial charge in [0.05, 0.1) is 12.0 Å². The molecule has 8 heteroatoms. The van der Waals surface area contributed by atoms with Gasteiger partial charge in [-0.3, -0.25) is 0 Å². The Kier molecular flexibility index (Phi) is 4.48. The molecule has 0 unspecified atom stereocenters. The molecule has 1 heterocycles. The second-order valence-corrected chi connectivity index (χ2v) is 5.81. The summed E-state index contributed by atoms with van der Waals surface area (Å²) in [6.07, 6.45) is -4.65. The van der Waals surface area contributed by atoms with E-state index in [9.17, 15) is 13.2 Å². The van der Waals surface area contributed by atoms with Gasteiger partial charge in [-0.25, -0.2) is 0 Å². The molecule has 3 aromatic rings. The second kappa shape index (κ2) is 6.56. The lowest BCUT2D eigenvalue weighted by Crippen LogP contribution is -2.04. The van der Waals surface area contributed by atoms with Crippen molar-refractivity contribution < 1.29 is 22.4 Å². The molecule has 0 aliphatic heterocycles. The number of hydrogen-bond donors (Lipinski definition) is 0. The summed E-state index contributed by atoms with van der Waals surface area (Å²) in [6, 6.07) is 14.4. The Morgan fingerprint density at radius 2 is 1.75 bits per heavy atom. The molecule has 0 atom stereocenters. The fourth-order valence-corrected chi connectivity index (χ4v) is 2.88. The summed E-state index contributed by atoms with van der Waals surface area (Å²) in [6.45, 7) is 0. The molecule has 24 heavy (non-hydrogen) atoms. The number of hydrogen-bond acceptors (Lipinski definition) is 5. The summed E-state index contributed by atoms with van der Waals surface area (Å²) in [5.74, 6) is -0.708. The summed E-state index contributed by atoms with van der Waals surface area (Å²) in [7, 11) is 1.59. The van der Waals surface area contributed by atoms with Crippen LogP contribution in [-0.4, -0.2) is 17.3 Å². The molecule has 0 saturated carbocycles. The molecule has 4 nitrogen and oxygen atoms in total. The maximum atomic E-state index is 12.5. The minimum atomic E-state index is -4.65. The lowest BCUT2D eigenvalue weighted by Gasteiger charge is -2.07. The number of nitrogens with zero attached hydrogens (tertiary/aromatic N) is 2. The van der Waals surface area contributed by atoms with Crippen molar-refractivity contribution in [2.24, 2.45) is 0 Å². The van der Waals surface area contributed by atoms with Crippen LogP contribution in [0.2, 0.25) is 0 Å². The van der Waals surface area contributed by atoms with Crippen LogP contribution in [0.15, 0.2) is 62.8 Å². The highest BCUT2D eigenvalue weighted by molar-refractivity contribution is 7.99. The fourth-order valence-electron chi connectivity index (χ4n) is 1.96. The van der Waals surface area contributed by atoms with E-state index in [1.807, 2.05) is 24.3 Å². The van der Waals surface area contributed by atoms with Gasteiger partial charge in [0.15, 0.2) is 0 Å². The fraction of sp³-hybridized carbons (Fsp3) is 0.125. The SMILES string of the molecule is COc1ccccc1Sc1ccc(-c2noc(C(F)(F)F)n2)cc1. The van der Waals surface area contributed by atoms with Gasteiger partial charge in [0.2, 0.25) is 5.82 Å². The van der Waals surface area contributed by atoms with Gasteiger partial charge in [0, 0.05) is 10.5 Å². The predicted molar refractivity (Wildman–Crippen MR) is 81.9 cm³/mol. The zero-order valence-corrected chi connectivity index (χ0v) is 13.2. The van der Waals surface area contributed by atoms with Gasteiger partial charge in [-0.1, -0.05) is 29.1 Å². The van der Waals surface area contributed by atoms with Crippen LogP contribution in [0.3, 0.4) is 0 Å². The third kappa shape index (κ3) is 3.53. The third-order valence-electron chi connectivity index (χ3n) is 3.08. The average Bonchev–Trinajstić information content (AvgIpc) is 3.06. The molecule has 0 fully saturated rings. The Morgan fingerprint density at radius 3 is 2.38 bits per heavy atom. The minimum Gasteiger partial charge on any atom is -0.496 e. The van der Waals surface area contributed by atoms with Crippen molar-refractivity contribution in [3.05, 3.63) is 54.4 Å². The first-order chi connectivity index (χ1) is 11.5. The van der Waals surface area contributed by atoms with Crippen LogP contribution in [0.4, 0.5) is 13.2 Å². The molecule has 0 spiro atoms. The Morgan fingerprint density at radius 1 is 1.04 bits per heavy atom. The quantitative estimate of drug-likeness (QED) is 0.667. The molecule has 0 amide bonds. The number of para-hydroxylation sites is 1. The van der Waals surface area contributed by atoms with Gasteiger partial charge in [-0.05, 0) is 36.4 Å². The van der Waals surface area contributed by atoms with Gasteiger partial charge in [-0.2, -0.15) is 18.2 Å². The first-order valence-electron chi connectivity index (χ1n) is 6.79. The molecule has 0 radical (unpaired) electrons. The smallest absolute Gasteiger partial charge is 0.471 e. The molecule has 124 valence electrons. The van der Waals surface area contributed by atoms with E-state index in [4.69, 9.17) is 4.74 Å². The summed E-state index contributed by atoms with van der Waals surface area (Å²) in [5, 5.41) is 3.36. The van der Waals surface area contributed by atoms with E-state index >= 15 is 0 Å². The average molecular weight is 352 g/mol. The standard InChI is InChI=1S/C16H11F3N2O2S/c1-22-12-4-2-3-5-13(12)24-11-8-6-10(7-9-11)14-20-15(23-21-14)16(17,18)19/h2-9H,1H3. The predicted octanol–water partition coefficient (Wildman–Crippen LogP) is 4.92. The molecule has 0 bridgehead atoms. The van der Waals surface area contributed by atoms with E-state index in [0.29, 0.717) is 5.56 Å². The van der Waals surface area contributed by atoms with Crippen LogP contribution >= 0.6 is 11.8 Å². The minimum absolute atomic E-state index is 0.101. The number of benzene rings is 2. The van der Waals surface area contributed by atoms with E-state index in [1.165, 1.54) is 11.8 Å². The van der Waals surface area contributed by atoms with E-state index in [2.05, 4.69) is 14.7 Å². The van der Waals surface area contributed by atoms with Gasteiger partial charge in [0.25, 0.3) is 0 Å². The molecule has 0 aliphatic carbocycles. The largest absolute Gasteiger partial charge is 0.496 e.